The molecule has 1 aliphatic carbocycles. The van der Waals surface area contributed by atoms with Gasteiger partial charge in [0, 0.05) is 27.1 Å². The monoisotopic (exact) mass is 493 g/mol. The van der Waals surface area contributed by atoms with E-state index in [2.05, 4.69) is 21.2 Å². The second-order valence-corrected chi connectivity index (χ2v) is 10.2. The number of benzene rings is 2. The first kappa shape index (κ1) is 21.3. The van der Waals surface area contributed by atoms with Crippen LogP contribution in [0.5, 0.6) is 0 Å². The van der Waals surface area contributed by atoms with Gasteiger partial charge in [0.2, 0.25) is 5.91 Å². The van der Waals surface area contributed by atoms with E-state index in [1.54, 1.807) is 4.90 Å². The predicted octanol–water partition coefficient (Wildman–Crippen LogP) is 5.58. The Bertz CT molecular complexity index is 1210. The molecular formula is C26H28BrN3O2. The van der Waals surface area contributed by atoms with Crippen molar-refractivity contribution >= 4 is 44.3 Å². The number of hydrogen-bond donors (Lipinski definition) is 1. The molecule has 5 rings (SSSR count). The summed E-state index contributed by atoms with van der Waals surface area (Å²) in [6.45, 7) is 4.31. The van der Waals surface area contributed by atoms with Crippen LogP contribution in [-0.2, 0) is 11.3 Å². The molecule has 1 saturated carbocycles. The van der Waals surface area contributed by atoms with Crippen LogP contribution in [0.15, 0.2) is 53.0 Å². The molecule has 0 saturated heterocycles. The smallest absolute Gasteiger partial charge is 0.275 e. The van der Waals surface area contributed by atoms with Gasteiger partial charge < -0.3 is 9.88 Å². The van der Waals surface area contributed by atoms with Crippen LogP contribution in [0, 0.1) is 6.92 Å². The lowest BCUT2D eigenvalue weighted by Crippen LogP contribution is -2.65. The number of halogens is 1. The second kappa shape index (κ2) is 8.07. The molecular weight excluding hydrogens is 466 g/mol. The highest BCUT2D eigenvalue weighted by Gasteiger charge is 2.49. The van der Waals surface area contributed by atoms with E-state index in [0.717, 1.165) is 52.3 Å². The fourth-order valence-corrected chi connectivity index (χ4v) is 5.45. The Labute approximate surface area is 196 Å². The average Bonchev–Trinajstić information content (AvgIpc) is 3.15. The van der Waals surface area contributed by atoms with Gasteiger partial charge in [0.15, 0.2) is 0 Å². The normalized spacial score (nSPS) is 21.6. The van der Waals surface area contributed by atoms with E-state index in [9.17, 15) is 9.59 Å². The lowest BCUT2D eigenvalue weighted by Gasteiger charge is -2.45. The summed E-state index contributed by atoms with van der Waals surface area (Å²) in [5.41, 5.74) is 2.34. The van der Waals surface area contributed by atoms with E-state index in [0.29, 0.717) is 12.2 Å². The summed E-state index contributed by atoms with van der Waals surface area (Å²) in [7, 11) is 0. The minimum atomic E-state index is -1.04. The Morgan fingerprint density at radius 3 is 2.59 bits per heavy atom. The third kappa shape index (κ3) is 3.45. The van der Waals surface area contributed by atoms with E-state index in [-0.39, 0.29) is 17.9 Å². The van der Waals surface area contributed by atoms with Crippen molar-refractivity contribution in [3.63, 3.8) is 0 Å². The van der Waals surface area contributed by atoms with Gasteiger partial charge >= 0.3 is 0 Å². The molecule has 6 heteroatoms. The fraction of sp³-hybridized carbons (Fsp3) is 0.385. The lowest BCUT2D eigenvalue weighted by atomic mass is 9.91. The molecule has 0 radical (unpaired) electrons. The van der Waals surface area contributed by atoms with Crippen molar-refractivity contribution in [2.75, 3.05) is 4.90 Å². The molecule has 166 valence electrons. The number of rotatable bonds is 3. The second-order valence-electron chi connectivity index (χ2n) is 9.33. The standard InChI is InChI=1S/C26H28BrN3O2/c1-17-14-20(12-13-21(17)27)30-24(31)23-15-18-8-6-7-11-22(18)29(23)16-26(30,2)25(32)28-19-9-4-3-5-10-19/h6-8,11-15,19H,3-5,9-10,16H2,1-2H3,(H,28,32)/t26-/m0/s1. The minimum Gasteiger partial charge on any atom is -0.351 e. The van der Waals surface area contributed by atoms with Crippen molar-refractivity contribution in [1.29, 1.82) is 0 Å². The number of para-hydroxylation sites is 1. The molecule has 2 amide bonds. The zero-order chi connectivity index (χ0) is 22.5. The quantitative estimate of drug-likeness (QED) is 0.517. The van der Waals surface area contributed by atoms with E-state index in [1.165, 1.54) is 6.42 Å². The topological polar surface area (TPSA) is 54.3 Å². The van der Waals surface area contributed by atoms with Crippen molar-refractivity contribution in [3.05, 3.63) is 64.3 Å². The first-order valence-corrected chi connectivity index (χ1v) is 12.2. The van der Waals surface area contributed by atoms with Crippen molar-refractivity contribution in [3.8, 4) is 0 Å². The Kier molecular flexibility index (Phi) is 5.36. The van der Waals surface area contributed by atoms with Crippen LogP contribution in [-0.4, -0.2) is 28.0 Å². The molecule has 2 aliphatic rings. The van der Waals surface area contributed by atoms with Gasteiger partial charge in [-0.2, -0.15) is 0 Å². The maximum atomic E-state index is 13.9. The third-order valence-electron chi connectivity index (χ3n) is 7.02. The van der Waals surface area contributed by atoms with Crippen LogP contribution < -0.4 is 10.2 Å². The number of hydrogen-bond acceptors (Lipinski definition) is 2. The van der Waals surface area contributed by atoms with Gasteiger partial charge in [-0.1, -0.05) is 53.4 Å². The number of aromatic nitrogens is 1. The number of fused-ring (bicyclic) bond motifs is 3. The highest BCUT2D eigenvalue weighted by atomic mass is 79.9. The van der Waals surface area contributed by atoms with Gasteiger partial charge in [-0.15, -0.1) is 0 Å². The first-order chi connectivity index (χ1) is 15.4. The fourth-order valence-electron chi connectivity index (χ4n) is 5.21. The Morgan fingerprint density at radius 1 is 1.09 bits per heavy atom. The zero-order valence-electron chi connectivity index (χ0n) is 18.5. The molecule has 2 aromatic carbocycles. The van der Waals surface area contributed by atoms with Crippen molar-refractivity contribution < 1.29 is 9.59 Å². The van der Waals surface area contributed by atoms with Crippen LogP contribution >= 0.6 is 15.9 Å². The molecule has 0 unspecified atom stereocenters. The molecule has 1 N–H and O–H groups in total. The Morgan fingerprint density at radius 2 is 1.84 bits per heavy atom. The van der Waals surface area contributed by atoms with Gasteiger partial charge in [0.1, 0.15) is 11.2 Å². The molecule has 1 aliphatic heterocycles. The molecule has 32 heavy (non-hydrogen) atoms. The maximum absolute atomic E-state index is 13.9. The number of amides is 2. The zero-order valence-corrected chi connectivity index (χ0v) is 20.1. The molecule has 1 aromatic heterocycles. The lowest BCUT2D eigenvalue weighted by molar-refractivity contribution is -0.127. The van der Waals surface area contributed by atoms with Crippen molar-refractivity contribution in [1.82, 2.24) is 9.88 Å². The molecule has 5 nitrogen and oxygen atoms in total. The van der Waals surface area contributed by atoms with Crippen LogP contribution in [0.4, 0.5) is 5.69 Å². The highest BCUT2D eigenvalue weighted by Crippen LogP contribution is 2.37. The summed E-state index contributed by atoms with van der Waals surface area (Å²) >= 11 is 3.55. The SMILES string of the molecule is Cc1cc(N2C(=O)c3cc4ccccc4n3C[C@@]2(C)C(=O)NC2CCCCC2)ccc1Br. The molecule has 0 spiro atoms. The summed E-state index contributed by atoms with van der Waals surface area (Å²) in [6, 6.07) is 15.9. The Balaban J connectivity index is 1.62. The van der Waals surface area contributed by atoms with Crippen molar-refractivity contribution in [2.45, 2.75) is 64.1 Å². The number of carbonyl (C=O) groups is 2. The predicted molar refractivity (Wildman–Crippen MR) is 131 cm³/mol. The van der Waals surface area contributed by atoms with Crippen LogP contribution in [0.2, 0.25) is 0 Å². The molecule has 0 bridgehead atoms. The molecule has 1 fully saturated rings. The summed E-state index contributed by atoms with van der Waals surface area (Å²) < 4.78 is 2.99. The summed E-state index contributed by atoms with van der Waals surface area (Å²) in [6.07, 6.45) is 5.52. The largest absolute Gasteiger partial charge is 0.351 e. The van der Waals surface area contributed by atoms with Gasteiger partial charge in [-0.05, 0) is 62.6 Å². The number of nitrogens with zero attached hydrogens (tertiary/aromatic N) is 2. The number of anilines is 1. The minimum absolute atomic E-state index is 0.0817. The van der Waals surface area contributed by atoms with E-state index >= 15 is 0 Å². The summed E-state index contributed by atoms with van der Waals surface area (Å²) in [4.78, 5) is 29.4. The summed E-state index contributed by atoms with van der Waals surface area (Å²) in [5, 5.41) is 4.30. The average molecular weight is 494 g/mol. The number of nitrogens with one attached hydrogen (secondary N) is 1. The van der Waals surface area contributed by atoms with Crippen LogP contribution in [0.25, 0.3) is 10.9 Å². The van der Waals surface area contributed by atoms with Gasteiger partial charge in [0.25, 0.3) is 5.91 Å². The Hall–Kier alpha value is -2.60. The molecule has 2 heterocycles. The van der Waals surface area contributed by atoms with Crippen molar-refractivity contribution in [2.24, 2.45) is 0 Å². The van der Waals surface area contributed by atoms with Gasteiger partial charge in [0.05, 0.1) is 6.54 Å². The van der Waals surface area contributed by atoms with E-state index in [1.807, 2.05) is 66.9 Å². The third-order valence-corrected chi connectivity index (χ3v) is 7.91. The molecule has 3 aromatic rings. The number of carbonyl (C=O) groups excluding carboxylic acids is 2. The van der Waals surface area contributed by atoms with Gasteiger partial charge in [-0.25, -0.2) is 0 Å². The summed E-state index contributed by atoms with van der Waals surface area (Å²) in [5.74, 6) is -0.225. The van der Waals surface area contributed by atoms with E-state index < -0.39 is 5.54 Å². The van der Waals surface area contributed by atoms with Gasteiger partial charge in [-0.3, -0.25) is 14.5 Å². The number of aryl methyl sites for hydroxylation is 1. The van der Waals surface area contributed by atoms with E-state index in [4.69, 9.17) is 0 Å². The maximum Gasteiger partial charge on any atom is 0.275 e. The first-order valence-electron chi connectivity index (χ1n) is 11.4. The molecule has 1 atom stereocenters. The van der Waals surface area contributed by atoms with Crippen LogP contribution in [0.3, 0.4) is 0 Å². The highest BCUT2D eigenvalue weighted by molar-refractivity contribution is 9.10. The van der Waals surface area contributed by atoms with Crippen LogP contribution in [0.1, 0.15) is 55.1 Å².